The van der Waals surface area contributed by atoms with E-state index in [9.17, 15) is 14.7 Å². The summed E-state index contributed by atoms with van der Waals surface area (Å²) < 4.78 is 0. The molecule has 0 aromatic carbocycles. The molecule has 0 aliphatic rings. The van der Waals surface area contributed by atoms with Gasteiger partial charge >= 0.3 is 5.97 Å². The first kappa shape index (κ1) is 31.9. The predicted molar refractivity (Wildman–Crippen MR) is 138 cm³/mol. The number of carbonyl (C=O) groups excluding carboxylic acids is 1. The summed E-state index contributed by atoms with van der Waals surface area (Å²) >= 11 is 0. The number of amides is 1. The highest BCUT2D eigenvalue weighted by atomic mass is 16.4. The fraction of sp³-hybridized carbons (Fsp3) is 0.926. The van der Waals surface area contributed by atoms with Crippen molar-refractivity contribution in [2.45, 2.75) is 122 Å². The van der Waals surface area contributed by atoms with Crippen molar-refractivity contribution in [1.82, 2.24) is 9.80 Å². The molecule has 0 radical (unpaired) electrons. The Balaban J connectivity index is 3.64. The average molecular weight is 471 g/mol. The van der Waals surface area contributed by atoms with Crippen LogP contribution in [0.5, 0.6) is 0 Å². The van der Waals surface area contributed by atoms with Crippen LogP contribution in [0.2, 0.25) is 0 Å². The van der Waals surface area contributed by atoms with Crippen molar-refractivity contribution in [3.05, 3.63) is 0 Å². The zero-order chi connectivity index (χ0) is 24.6. The molecular weight excluding hydrogens is 416 g/mol. The second kappa shape index (κ2) is 24.0. The Bertz CT molecular complexity index is 459. The van der Waals surface area contributed by atoms with Crippen molar-refractivity contribution < 1.29 is 19.8 Å². The maximum Gasteiger partial charge on any atom is 0.303 e. The van der Waals surface area contributed by atoms with Crippen LogP contribution in [0.25, 0.3) is 0 Å². The van der Waals surface area contributed by atoms with Crippen LogP contribution >= 0.6 is 0 Å². The van der Waals surface area contributed by atoms with Gasteiger partial charge in [-0.15, -0.1) is 0 Å². The molecule has 0 bridgehead atoms. The molecule has 0 unspecified atom stereocenters. The molecule has 0 heterocycles. The van der Waals surface area contributed by atoms with Gasteiger partial charge in [0, 0.05) is 33.0 Å². The molecule has 196 valence electrons. The van der Waals surface area contributed by atoms with E-state index < -0.39 is 5.97 Å². The number of aliphatic carboxylic acids is 1. The summed E-state index contributed by atoms with van der Waals surface area (Å²) in [5, 5.41) is 18.0. The SMILES string of the molecule is CCCCCCCCN(C)C(=O)CCCCCCCN(CCO)CCCCCCCC(=O)O. The topological polar surface area (TPSA) is 81.1 Å². The van der Waals surface area contributed by atoms with Gasteiger partial charge < -0.3 is 20.0 Å². The lowest BCUT2D eigenvalue weighted by molar-refractivity contribution is -0.137. The van der Waals surface area contributed by atoms with E-state index in [-0.39, 0.29) is 13.0 Å². The van der Waals surface area contributed by atoms with E-state index >= 15 is 0 Å². The first-order valence-electron chi connectivity index (χ1n) is 13.8. The van der Waals surface area contributed by atoms with Gasteiger partial charge in [0.15, 0.2) is 0 Å². The Morgan fingerprint density at radius 3 is 1.58 bits per heavy atom. The summed E-state index contributed by atoms with van der Waals surface area (Å²) in [4.78, 5) is 27.0. The fourth-order valence-corrected chi connectivity index (χ4v) is 4.21. The zero-order valence-corrected chi connectivity index (χ0v) is 21.9. The predicted octanol–water partition coefficient (Wildman–Crippen LogP) is 5.87. The van der Waals surface area contributed by atoms with E-state index in [1.165, 1.54) is 44.9 Å². The molecule has 0 saturated carbocycles. The zero-order valence-electron chi connectivity index (χ0n) is 21.9. The summed E-state index contributed by atoms with van der Waals surface area (Å²) in [6.45, 7) is 6.11. The number of carbonyl (C=O) groups is 2. The standard InChI is InChI=1S/C27H54N2O4/c1-3-4-5-6-11-16-21-28(2)26(31)19-14-9-7-12-17-22-29(24-25-30)23-18-13-8-10-15-20-27(32)33/h30H,3-25H2,1-2H3,(H,32,33). The molecular formula is C27H54N2O4. The number of hydrogen-bond donors (Lipinski definition) is 2. The van der Waals surface area contributed by atoms with E-state index in [1.807, 2.05) is 11.9 Å². The molecule has 0 atom stereocenters. The molecule has 1 amide bonds. The van der Waals surface area contributed by atoms with Crippen LogP contribution in [0.15, 0.2) is 0 Å². The maximum absolute atomic E-state index is 12.2. The van der Waals surface area contributed by atoms with Crippen LogP contribution in [0.4, 0.5) is 0 Å². The Morgan fingerprint density at radius 1 is 0.606 bits per heavy atom. The molecule has 0 spiro atoms. The maximum atomic E-state index is 12.2. The van der Waals surface area contributed by atoms with Gasteiger partial charge in [-0.3, -0.25) is 9.59 Å². The number of aliphatic hydroxyl groups is 1. The highest BCUT2D eigenvalue weighted by Gasteiger charge is 2.08. The Hall–Kier alpha value is -1.14. The third-order valence-electron chi connectivity index (χ3n) is 6.42. The molecule has 0 aliphatic carbocycles. The van der Waals surface area contributed by atoms with Gasteiger partial charge in [-0.25, -0.2) is 0 Å². The average Bonchev–Trinajstić information content (AvgIpc) is 2.79. The normalized spacial score (nSPS) is 11.3. The van der Waals surface area contributed by atoms with Crippen LogP contribution in [-0.4, -0.2) is 71.7 Å². The Morgan fingerprint density at radius 2 is 1.06 bits per heavy atom. The number of aliphatic hydroxyl groups excluding tert-OH is 1. The van der Waals surface area contributed by atoms with Crippen molar-refractivity contribution in [3.63, 3.8) is 0 Å². The quantitative estimate of drug-likeness (QED) is 0.163. The van der Waals surface area contributed by atoms with Gasteiger partial charge in [0.1, 0.15) is 0 Å². The minimum atomic E-state index is -0.702. The Labute approximate surface area is 204 Å². The fourth-order valence-electron chi connectivity index (χ4n) is 4.21. The van der Waals surface area contributed by atoms with E-state index in [2.05, 4.69) is 11.8 Å². The largest absolute Gasteiger partial charge is 0.481 e. The Kier molecular flexibility index (Phi) is 23.2. The van der Waals surface area contributed by atoms with Crippen molar-refractivity contribution in [1.29, 1.82) is 0 Å². The third kappa shape index (κ3) is 22.4. The van der Waals surface area contributed by atoms with Gasteiger partial charge in [-0.2, -0.15) is 0 Å². The van der Waals surface area contributed by atoms with E-state index in [1.54, 1.807) is 0 Å². The van der Waals surface area contributed by atoms with Gasteiger partial charge in [0.05, 0.1) is 6.61 Å². The summed E-state index contributed by atoms with van der Waals surface area (Å²) in [6.07, 6.45) is 19.2. The van der Waals surface area contributed by atoms with Crippen molar-refractivity contribution >= 4 is 11.9 Å². The van der Waals surface area contributed by atoms with Crippen LogP contribution in [-0.2, 0) is 9.59 Å². The van der Waals surface area contributed by atoms with E-state index in [0.29, 0.717) is 12.3 Å². The van der Waals surface area contributed by atoms with Crippen LogP contribution in [0.1, 0.15) is 122 Å². The molecule has 0 rings (SSSR count). The number of carboxylic acid groups (broad SMARTS) is 1. The first-order chi connectivity index (χ1) is 16.0. The second-order valence-electron chi connectivity index (χ2n) is 9.58. The summed E-state index contributed by atoms with van der Waals surface area (Å²) in [5.41, 5.74) is 0. The van der Waals surface area contributed by atoms with Gasteiger partial charge in [-0.1, -0.05) is 77.6 Å². The van der Waals surface area contributed by atoms with Crippen molar-refractivity contribution in [3.8, 4) is 0 Å². The molecule has 6 heteroatoms. The van der Waals surface area contributed by atoms with Crippen molar-refractivity contribution in [2.24, 2.45) is 0 Å². The molecule has 0 aromatic rings. The van der Waals surface area contributed by atoms with E-state index in [0.717, 1.165) is 84.0 Å². The lowest BCUT2D eigenvalue weighted by Crippen LogP contribution is -2.29. The molecule has 0 aliphatic heterocycles. The third-order valence-corrected chi connectivity index (χ3v) is 6.42. The second-order valence-corrected chi connectivity index (χ2v) is 9.58. The number of nitrogens with zero attached hydrogens (tertiary/aromatic N) is 2. The summed E-state index contributed by atoms with van der Waals surface area (Å²) in [6, 6.07) is 0. The number of carboxylic acids is 1. The number of unbranched alkanes of at least 4 members (excludes halogenated alkanes) is 13. The minimum absolute atomic E-state index is 0.201. The molecule has 33 heavy (non-hydrogen) atoms. The van der Waals surface area contributed by atoms with Gasteiger partial charge in [-0.05, 0) is 45.2 Å². The first-order valence-corrected chi connectivity index (χ1v) is 13.8. The summed E-state index contributed by atoms with van der Waals surface area (Å²) in [5.74, 6) is -0.410. The molecule has 0 saturated heterocycles. The number of rotatable bonds is 25. The lowest BCUT2D eigenvalue weighted by atomic mass is 10.1. The van der Waals surface area contributed by atoms with Crippen LogP contribution < -0.4 is 0 Å². The van der Waals surface area contributed by atoms with Crippen molar-refractivity contribution in [2.75, 3.05) is 39.8 Å². The lowest BCUT2D eigenvalue weighted by Gasteiger charge is -2.21. The van der Waals surface area contributed by atoms with Gasteiger partial charge in [0.2, 0.25) is 5.91 Å². The molecule has 0 fully saturated rings. The minimum Gasteiger partial charge on any atom is -0.481 e. The number of hydrogen-bond acceptors (Lipinski definition) is 4. The monoisotopic (exact) mass is 470 g/mol. The highest BCUT2D eigenvalue weighted by Crippen LogP contribution is 2.11. The highest BCUT2D eigenvalue weighted by molar-refractivity contribution is 5.75. The summed E-state index contributed by atoms with van der Waals surface area (Å²) in [7, 11) is 1.94. The van der Waals surface area contributed by atoms with Crippen LogP contribution in [0, 0.1) is 0 Å². The van der Waals surface area contributed by atoms with Crippen LogP contribution in [0.3, 0.4) is 0 Å². The molecule has 6 nitrogen and oxygen atoms in total. The smallest absolute Gasteiger partial charge is 0.303 e. The van der Waals surface area contributed by atoms with E-state index in [4.69, 9.17) is 5.11 Å². The van der Waals surface area contributed by atoms with Gasteiger partial charge in [0.25, 0.3) is 0 Å². The molecule has 0 aromatic heterocycles. The molecule has 2 N–H and O–H groups in total.